The van der Waals surface area contributed by atoms with Gasteiger partial charge in [-0.05, 0) is 6.92 Å². The Morgan fingerprint density at radius 3 is 2.37 bits per heavy atom. The van der Waals surface area contributed by atoms with Crippen LogP contribution in [0.3, 0.4) is 0 Å². The third kappa shape index (κ3) is 3.91. The van der Waals surface area contributed by atoms with E-state index in [1.807, 2.05) is 13.8 Å². The Bertz CT molecular complexity index is 487. The first-order valence-electron chi connectivity index (χ1n) is 6.30. The average molecular weight is 266 g/mol. The minimum atomic E-state index is -0.679. The topological polar surface area (TPSA) is 86.2 Å². The summed E-state index contributed by atoms with van der Waals surface area (Å²) in [6.07, 6.45) is 0.795. The molecule has 0 unspecified atom stereocenters. The molecule has 5 heteroatoms. The molecule has 5 nitrogen and oxygen atoms in total. The second-order valence-electron chi connectivity index (χ2n) is 6.37. The molecule has 0 bridgehead atoms. The number of carbonyl (C=O) groups is 2. The molecule has 0 aliphatic rings. The van der Waals surface area contributed by atoms with E-state index in [4.69, 9.17) is 10.3 Å². The molecular formula is C14H22N2O3. The van der Waals surface area contributed by atoms with E-state index in [1.54, 1.807) is 26.8 Å². The van der Waals surface area contributed by atoms with Gasteiger partial charge in [-0.1, -0.05) is 32.9 Å². The maximum atomic E-state index is 11.3. The Morgan fingerprint density at radius 1 is 1.32 bits per heavy atom. The van der Waals surface area contributed by atoms with Gasteiger partial charge in [0.05, 0.1) is 11.1 Å². The van der Waals surface area contributed by atoms with Gasteiger partial charge in [-0.15, -0.1) is 0 Å². The summed E-state index contributed by atoms with van der Waals surface area (Å²) in [5.74, 6) is 0.330. The highest BCUT2D eigenvalue weighted by Crippen LogP contribution is 2.29. The largest absolute Gasteiger partial charge is 0.369 e. The van der Waals surface area contributed by atoms with Crippen LogP contribution in [0.1, 0.15) is 52.5 Å². The number of primary amides is 1. The molecule has 0 atom stereocenters. The highest BCUT2D eigenvalue weighted by molar-refractivity contribution is 5.80. The molecule has 1 rings (SSSR count). The third-order valence-corrected chi connectivity index (χ3v) is 3.23. The fourth-order valence-electron chi connectivity index (χ4n) is 1.95. The van der Waals surface area contributed by atoms with Crippen LogP contribution in [-0.2, 0) is 21.4 Å². The number of aromatic nitrogens is 1. The van der Waals surface area contributed by atoms with Crippen molar-refractivity contribution in [2.45, 2.75) is 52.9 Å². The van der Waals surface area contributed by atoms with E-state index in [9.17, 15) is 9.59 Å². The van der Waals surface area contributed by atoms with E-state index in [2.05, 4.69) is 5.16 Å². The first kappa shape index (κ1) is 15.4. The molecule has 0 saturated heterocycles. The van der Waals surface area contributed by atoms with Gasteiger partial charge in [0.1, 0.15) is 11.5 Å². The molecule has 106 valence electrons. The monoisotopic (exact) mass is 266 g/mol. The number of carbonyl (C=O) groups excluding carboxylic acids is 2. The van der Waals surface area contributed by atoms with Crippen LogP contribution in [0.15, 0.2) is 10.6 Å². The van der Waals surface area contributed by atoms with Crippen molar-refractivity contribution in [1.82, 2.24) is 5.16 Å². The van der Waals surface area contributed by atoms with Crippen LogP contribution in [0, 0.1) is 5.41 Å². The molecule has 0 spiro atoms. The predicted molar refractivity (Wildman–Crippen MR) is 71.5 cm³/mol. The number of amides is 1. The van der Waals surface area contributed by atoms with Crippen molar-refractivity contribution in [3.05, 3.63) is 17.5 Å². The van der Waals surface area contributed by atoms with Crippen LogP contribution >= 0.6 is 0 Å². The Balaban J connectivity index is 2.89. The highest BCUT2D eigenvalue weighted by Gasteiger charge is 2.30. The molecule has 1 amide bonds. The molecule has 0 aromatic carbocycles. The van der Waals surface area contributed by atoms with E-state index in [0.717, 1.165) is 5.69 Å². The molecule has 1 aromatic heterocycles. The van der Waals surface area contributed by atoms with E-state index >= 15 is 0 Å². The van der Waals surface area contributed by atoms with E-state index in [1.165, 1.54) is 0 Å². The zero-order valence-corrected chi connectivity index (χ0v) is 12.2. The number of hydrogen-bond acceptors (Lipinski definition) is 4. The first-order valence-corrected chi connectivity index (χ1v) is 6.30. The molecule has 2 N–H and O–H groups in total. The van der Waals surface area contributed by atoms with Gasteiger partial charge in [-0.25, -0.2) is 0 Å². The van der Waals surface area contributed by atoms with E-state index < -0.39 is 5.41 Å². The summed E-state index contributed by atoms with van der Waals surface area (Å²) in [6, 6.07) is 1.80. The molecule has 0 aliphatic heterocycles. The summed E-state index contributed by atoms with van der Waals surface area (Å²) in [7, 11) is 0. The van der Waals surface area contributed by atoms with Crippen LogP contribution in [0.5, 0.6) is 0 Å². The van der Waals surface area contributed by atoms with Gasteiger partial charge in [0.15, 0.2) is 0 Å². The zero-order valence-electron chi connectivity index (χ0n) is 12.2. The lowest BCUT2D eigenvalue weighted by Crippen LogP contribution is -2.33. The van der Waals surface area contributed by atoms with Crippen LogP contribution < -0.4 is 5.73 Å². The number of Topliss-reactive ketones (excluding diaryl/α,β-unsaturated/α-hetero) is 1. The van der Waals surface area contributed by atoms with E-state index in [0.29, 0.717) is 18.6 Å². The summed E-state index contributed by atoms with van der Waals surface area (Å²) < 4.78 is 5.25. The second kappa shape index (κ2) is 5.15. The number of rotatable bonds is 6. The van der Waals surface area contributed by atoms with Gasteiger partial charge >= 0.3 is 0 Å². The summed E-state index contributed by atoms with van der Waals surface area (Å²) in [6.45, 7) is 8.96. The van der Waals surface area contributed by atoms with Crippen molar-refractivity contribution >= 4 is 11.7 Å². The van der Waals surface area contributed by atoms with Gasteiger partial charge in [-0.2, -0.15) is 0 Å². The summed E-state index contributed by atoms with van der Waals surface area (Å²) in [5.41, 5.74) is 5.00. The predicted octanol–water partition coefficient (Wildman–Crippen LogP) is 1.99. The fourth-order valence-corrected chi connectivity index (χ4v) is 1.95. The summed E-state index contributed by atoms with van der Waals surface area (Å²) in [5, 5.41) is 4.01. The molecule has 0 fully saturated rings. The molecule has 0 aliphatic carbocycles. The van der Waals surface area contributed by atoms with Crippen molar-refractivity contribution in [3.63, 3.8) is 0 Å². The molecule has 19 heavy (non-hydrogen) atoms. The van der Waals surface area contributed by atoms with Crippen molar-refractivity contribution in [2.24, 2.45) is 11.1 Å². The van der Waals surface area contributed by atoms with Crippen LogP contribution in [0.4, 0.5) is 0 Å². The lowest BCUT2D eigenvalue weighted by molar-refractivity contribution is -0.126. The summed E-state index contributed by atoms with van der Waals surface area (Å²) in [4.78, 5) is 22.5. The average Bonchev–Trinajstić information content (AvgIpc) is 2.63. The number of nitrogens with two attached hydrogens (primary N) is 1. The second-order valence-corrected chi connectivity index (χ2v) is 6.37. The molecule has 1 aromatic rings. The smallest absolute Gasteiger partial charge is 0.223 e. The van der Waals surface area contributed by atoms with Crippen molar-refractivity contribution in [2.75, 3.05) is 0 Å². The molecule has 0 saturated carbocycles. The normalized spacial score (nSPS) is 12.5. The molecular weight excluding hydrogens is 244 g/mol. The number of ketones is 1. The van der Waals surface area contributed by atoms with Crippen molar-refractivity contribution in [3.8, 4) is 0 Å². The number of hydrogen-bond donors (Lipinski definition) is 1. The quantitative estimate of drug-likeness (QED) is 0.853. The van der Waals surface area contributed by atoms with Crippen LogP contribution in [0.25, 0.3) is 0 Å². The Hall–Kier alpha value is -1.65. The summed E-state index contributed by atoms with van der Waals surface area (Å²) >= 11 is 0. The maximum absolute atomic E-state index is 11.3. The van der Waals surface area contributed by atoms with Crippen molar-refractivity contribution in [1.29, 1.82) is 0 Å². The minimum absolute atomic E-state index is 0.104. The molecule has 1 heterocycles. The minimum Gasteiger partial charge on any atom is -0.369 e. The third-order valence-electron chi connectivity index (χ3n) is 3.23. The van der Waals surface area contributed by atoms with Gasteiger partial charge in [0.2, 0.25) is 5.91 Å². The zero-order chi connectivity index (χ0) is 14.8. The van der Waals surface area contributed by atoms with Gasteiger partial charge < -0.3 is 10.3 Å². The first-order chi connectivity index (χ1) is 8.54. The van der Waals surface area contributed by atoms with Crippen molar-refractivity contribution < 1.29 is 14.1 Å². The van der Waals surface area contributed by atoms with Gasteiger partial charge in [-0.3, -0.25) is 9.59 Å². The fraction of sp³-hybridized carbons (Fsp3) is 0.643. The molecule has 0 radical (unpaired) electrons. The Labute approximate surface area is 113 Å². The van der Waals surface area contributed by atoms with Crippen LogP contribution in [0.2, 0.25) is 0 Å². The Kier molecular flexibility index (Phi) is 4.18. The lowest BCUT2D eigenvalue weighted by atomic mass is 9.83. The van der Waals surface area contributed by atoms with E-state index in [-0.39, 0.29) is 17.1 Å². The number of nitrogens with zero attached hydrogens (tertiary/aromatic N) is 1. The highest BCUT2D eigenvalue weighted by atomic mass is 16.5. The standard InChI is InChI=1S/C14H22N2O3/c1-9(17)7-13(2,3)11-6-10(19-16-11)8-14(4,5)12(15)18/h6H,7-8H2,1-5H3,(H2,15,18). The lowest BCUT2D eigenvalue weighted by Gasteiger charge is -2.19. The van der Waals surface area contributed by atoms with Crippen LogP contribution in [-0.4, -0.2) is 16.8 Å². The SMILES string of the molecule is CC(=O)CC(C)(C)c1cc(CC(C)(C)C(N)=O)on1. The van der Waals surface area contributed by atoms with Gasteiger partial charge in [0, 0.05) is 24.3 Å². The maximum Gasteiger partial charge on any atom is 0.223 e. The Morgan fingerprint density at radius 2 is 1.89 bits per heavy atom. The van der Waals surface area contributed by atoms with Gasteiger partial charge in [0.25, 0.3) is 0 Å².